The summed E-state index contributed by atoms with van der Waals surface area (Å²) >= 11 is 1.94. The molecule has 44 heavy (non-hydrogen) atoms. The first-order valence-corrected chi connectivity index (χ1v) is 16.0. The van der Waals surface area contributed by atoms with Gasteiger partial charge in [-0.3, -0.25) is 0 Å². The number of aliphatic imine (C=N–C) groups is 1. The number of nitrogens with zero attached hydrogens (tertiary/aromatic N) is 2. The Labute approximate surface area is 260 Å². The second-order valence-electron chi connectivity index (χ2n) is 11.6. The molecule has 5 aromatic carbocycles. The molecule has 3 nitrogen and oxygen atoms in total. The molecular formula is C40H29N3S. The van der Waals surface area contributed by atoms with Crippen molar-refractivity contribution in [1.82, 2.24) is 9.88 Å². The highest BCUT2D eigenvalue weighted by molar-refractivity contribution is 7.19. The van der Waals surface area contributed by atoms with Crippen LogP contribution in [0, 0.1) is 0 Å². The number of amidine groups is 1. The monoisotopic (exact) mass is 583 g/mol. The van der Waals surface area contributed by atoms with E-state index < -0.39 is 0 Å². The molecule has 7 aromatic rings. The number of aromatic nitrogens is 1. The number of fused-ring (bicyclic) bond motifs is 6. The van der Waals surface area contributed by atoms with Crippen molar-refractivity contribution in [2.45, 2.75) is 18.5 Å². The highest BCUT2D eigenvalue weighted by Gasteiger charge is 2.27. The van der Waals surface area contributed by atoms with E-state index in [-0.39, 0.29) is 12.1 Å². The van der Waals surface area contributed by atoms with Crippen molar-refractivity contribution >= 4 is 60.8 Å². The summed E-state index contributed by atoms with van der Waals surface area (Å²) in [5.74, 6) is 0.894. The highest BCUT2D eigenvalue weighted by Crippen LogP contribution is 2.45. The molecule has 4 heteroatoms. The molecule has 0 amide bonds. The van der Waals surface area contributed by atoms with Crippen LogP contribution in [-0.2, 0) is 0 Å². The van der Waals surface area contributed by atoms with Crippen molar-refractivity contribution < 1.29 is 0 Å². The number of para-hydroxylation sites is 1. The van der Waals surface area contributed by atoms with Crippen LogP contribution in [0.5, 0.6) is 0 Å². The topological polar surface area (TPSA) is 29.3 Å². The maximum Gasteiger partial charge on any atom is 0.134 e. The summed E-state index contributed by atoms with van der Waals surface area (Å²) in [7, 11) is 0. The third kappa shape index (κ3) is 4.06. The largest absolute Gasteiger partial charge is 0.359 e. The summed E-state index contributed by atoms with van der Waals surface area (Å²) < 4.78 is 3.93. The van der Waals surface area contributed by atoms with E-state index in [4.69, 9.17) is 4.99 Å². The van der Waals surface area contributed by atoms with Gasteiger partial charge in [-0.05, 0) is 47.4 Å². The number of benzene rings is 5. The Morgan fingerprint density at radius 1 is 0.682 bits per heavy atom. The zero-order chi connectivity index (χ0) is 29.0. The van der Waals surface area contributed by atoms with E-state index in [2.05, 4.69) is 156 Å². The Balaban J connectivity index is 1.23. The number of thiophene rings is 1. The van der Waals surface area contributed by atoms with Gasteiger partial charge in [-0.1, -0.05) is 121 Å². The lowest BCUT2D eigenvalue weighted by molar-refractivity contribution is 0.637. The molecule has 0 spiro atoms. The normalized spacial score (nSPS) is 17.8. The fraction of sp³-hybridized carbons (Fsp3) is 0.0750. The van der Waals surface area contributed by atoms with Crippen LogP contribution in [0.1, 0.15) is 45.6 Å². The molecular weight excluding hydrogens is 555 g/mol. The summed E-state index contributed by atoms with van der Waals surface area (Å²) in [5, 5.41) is 7.68. The lowest BCUT2D eigenvalue weighted by Gasteiger charge is -2.25. The standard InChI is InChI=1S/C40H29N3S/c1-3-12-26(13-4-1)33-25-34(27-14-5-2-6-15-27)42-40(41-33)28-22-23-30-29-16-7-9-19-35(29)43(37(30)24-28)36-20-11-18-32-31-17-8-10-21-38(31)44-39(32)36/h1-19,21-25,33,36H,20H2,(H,41,42). The summed E-state index contributed by atoms with van der Waals surface area (Å²) in [6.45, 7) is 0. The van der Waals surface area contributed by atoms with Crippen LogP contribution >= 0.6 is 11.3 Å². The Bertz CT molecular complexity index is 2290. The lowest BCUT2D eigenvalue weighted by atomic mass is 9.98. The lowest BCUT2D eigenvalue weighted by Crippen LogP contribution is -2.31. The van der Waals surface area contributed by atoms with Gasteiger partial charge in [-0.25, -0.2) is 4.99 Å². The van der Waals surface area contributed by atoms with Crippen molar-refractivity contribution in [3.63, 3.8) is 0 Å². The van der Waals surface area contributed by atoms with Gasteiger partial charge in [-0.15, -0.1) is 11.3 Å². The van der Waals surface area contributed by atoms with E-state index in [1.807, 2.05) is 11.3 Å². The van der Waals surface area contributed by atoms with Crippen LogP contribution in [0.2, 0.25) is 0 Å². The maximum absolute atomic E-state index is 5.21. The van der Waals surface area contributed by atoms with E-state index in [0.717, 1.165) is 29.1 Å². The maximum atomic E-state index is 5.21. The van der Waals surface area contributed by atoms with E-state index in [9.17, 15) is 0 Å². The van der Waals surface area contributed by atoms with Gasteiger partial charge in [0.2, 0.25) is 0 Å². The van der Waals surface area contributed by atoms with E-state index in [1.165, 1.54) is 47.9 Å². The van der Waals surface area contributed by atoms with Gasteiger partial charge in [0.25, 0.3) is 0 Å². The second-order valence-corrected chi connectivity index (χ2v) is 12.6. The molecule has 2 aliphatic rings. The van der Waals surface area contributed by atoms with Crippen molar-refractivity contribution in [3.05, 3.63) is 167 Å². The minimum Gasteiger partial charge on any atom is -0.359 e. The minimum absolute atomic E-state index is 0.0186. The molecule has 2 aromatic heterocycles. The molecule has 0 fully saturated rings. The third-order valence-electron chi connectivity index (χ3n) is 8.98. The Kier molecular flexibility index (Phi) is 5.88. The van der Waals surface area contributed by atoms with Gasteiger partial charge < -0.3 is 9.88 Å². The molecule has 2 atom stereocenters. The fourth-order valence-corrected chi connectivity index (χ4v) is 8.22. The first kappa shape index (κ1) is 25.3. The number of hydrogen-bond acceptors (Lipinski definition) is 3. The van der Waals surface area contributed by atoms with Gasteiger partial charge in [0, 0.05) is 36.8 Å². The van der Waals surface area contributed by atoms with Crippen LogP contribution in [0.4, 0.5) is 0 Å². The first-order valence-electron chi connectivity index (χ1n) is 15.2. The average molecular weight is 584 g/mol. The third-order valence-corrected chi connectivity index (χ3v) is 10.3. The Morgan fingerprint density at radius 3 is 2.27 bits per heavy atom. The molecule has 1 aliphatic carbocycles. The smallest absolute Gasteiger partial charge is 0.134 e. The molecule has 0 radical (unpaired) electrons. The Hall–Kier alpha value is -5.19. The second kappa shape index (κ2) is 10.2. The van der Waals surface area contributed by atoms with Gasteiger partial charge in [0.1, 0.15) is 5.84 Å². The zero-order valence-corrected chi connectivity index (χ0v) is 24.8. The summed E-state index contributed by atoms with van der Waals surface area (Å²) in [6.07, 6.45) is 7.88. The van der Waals surface area contributed by atoms with Crippen LogP contribution in [0.15, 0.2) is 145 Å². The first-order chi connectivity index (χ1) is 21.8. The van der Waals surface area contributed by atoms with E-state index >= 15 is 0 Å². The number of rotatable bonds is 4. The molecule has 2 unspecified atom stereocenters. The van der Waals surface area contributed by atoms with E-state index in [0.29, 0.717) is 0 Å². The van der Waals surface area contributed by atoms with Crippen LogP contribution in [0.3, 0.4) is 0 Å². The van der Waals surface area contributed by atoms with Crippen LogP contribution < -0.4 is 5.32 Å². The molecule has 0 saturated carbocycles. The van der Waals surface area contributed by atoms with Gasteiger partial charge in [0.15, 0.2) is 0 Å². The predicted molar refractivity (Wildman–Crippen MR) is 186 cm³/mol. The number of nitrogens with one attached hydrogen (secondary N) is 1. The summed E-state index contributed by atoms with van der Waals surface area (Å²) in [5.41, 5.74) is 8.29. The van der Waals surface area contributed by atoms with Gasteiger partial charge >= 0.3 is 0 Å². The Morgan fingerprint density at radius 2 is 1.41 bits per heavy atom. The van der Waals surface area contributed by atoms with Crippen molar-refractivity contribution in [3.8, 4) is 0 Å². The van der Waals surface area contributed by atoms with Crippen LogP contribution in [-0.4, -0.2) is 10.4 Å². The van der Waals surface area contributed by atoms with Crippen molar-refractivity contribution in [2.75, 3.05) is 0 Å². The van der Waals surface area contributed by atoms with Gasteiger partial charge in [-0.2, -0.15) is 0 Å². The van der Waals surface area contributed by atoms with Crippen molar-refractivity contribution in [2.24, 2.45) is 4.99 Å². The number of allylic oxidation sites excluding steroid dienone is 1. The predicted octanol–water partition coefficient (Wildman–Crippen LogP) is 10.1. The molecule has 0 saturated heterocycles. The van der Waals surface area contributed by atoms with E-state index in [1.54, 1.807) is 0 Å². The molecule has 1 N–H and O–H groups in total. The molecule has 210 valence electrons. The summed E-state index contributed by atoms with van der Waals surface area (Å²) in [6, 6.07) is 45.9. The SMILES string of the molecule is C1=Cc2c(sc3ccccc23)C(n2c3ccccc3c3ccc(C4=NC(c5ccccc5)=CC(c5ccccc5)N4)cc32)C1. The molecule has 9 rings (SSSR count). The average Bonchev–Trinajstić information content (AvgIpc) is 3.64. The zero-order valence-electron chi connectivity index (χ0n) is 24.0. The van der Waals surface area contributed by atoms with Crippen LogP contribution in [0.25, 0.3) is 43.7 Å². The number of hydrogen-bond donors (Lipinski definition) is 1. The fourth-order valence-electron chi connectivity index (χ4n) is 6.93. The highest BCUT2D eigenvalue weighted by atomic mass is 32.1. The summed E-state index contributed by atoms with van der Waals surface area (Å²) in [4.78, 5) is 6.65. The minimum atomic E-state index is 0.0186. The molecule has 0 bridgehead atoms. The molecule has 3 heterocycles. The van der Waals surface area contributed by atoms with Gasteiger partial charge in [0.05, 0.1) is 23.3 Å². The van der Waals surface area contributed by atoms with Crippen molar-refractivity contribution in [1.29, 1.82) is 0 Å². The molecule has 1 aliphatic heterocycles. The quantitative estimate of drug-likeness (QED) is 0.219.